The Balaban J connectivity index is 2.03. The fourth-order valence-corrected chi connectivity index (χ4v) is 2.23. The van der Waals surface area contributed by atoms with Gasteiger partial charge in [0.05, 0.1) is 12.2 Å². The van der Waals surface area contributed by atoms with Crippen molar-refractivity contribution in [1.29, 1.82) is 0 Å². The van der Waals surface area contributed by atoms with E-state index < -0.39 is 0 Å². The van der Waals surface area contributed by atoms with E-state index in [1.807, 2.05) is 6.20 Å². The van der Waals surface area contributed by atoms with Gasteiger partial charge in [0.25, 0.3) is 0 Å². The zero-order chi connectivity index (χ0) is 10.7. The summed E-state index contributed by atoms with van der Waals surface area (Å²) in [6.45, 7) is 4.42. The average molecular weight is 207 g/mol. The van der Waals surface area contributed by atoms with Gasteiger partial charge in [-0.25, -0.2) is 4.68 Å². The number of anilines is 1. The molecule has 1 N–H and O–H groups in total. The lowest BCUT2D eigenvalue weighted by Gasteiger charge is -2.18. The van der Waals surface area contributed by atoms with E-state index >= 15 is 0 Å². The summed E-state index contributed by atoms with van der Waals surface area (Å²) < 4.78 is 2.11. The molecule has 1 aliphatic carbocycles. The molecule has 1 aliphatic rings. The smallest absolute Gasteiger partial charge is 0.124 e. The molecule has 1 aromatic heterocycles. The summed E-state index contributed by atoms with van der Waals surface area (Å²) in [5, 5.41) is 7.99. The SMILES string of the molecule is CCC(C)n1nccc1NC1CCCC1. The third-order valence-electron chi connectivity index (χ3n) is 3.39. The molecule has 0 bridgehead atoms. The van der Waals surface area contributed by atoms with Crippen LogP contribution in [-0.2, 0) is 0 Å². The van der Waals surface area contributed by atoms with Gasteiger partial charge in [0.1, 0.15) is 5.82 Å². The van der Waals surface area contributed by atoms with E-state index in [4.69, 9.17) is 0 Å². The second-order valence-corrected chi connectivity index (χ2v) is 4.54. The highest BCUT2D eigenvalue weighted by molar-refractivity contribution is 5.35. The van der Waals surface area contributed by atoms with Crippen LogP contribution in [0.2, 0.25) is 0 Å². The van der Waals surface area contributed by atoms with Crippen LogP contribution in [0.3, 0.4) is 0 Å². The van der Waals surface area contributed by atoms with Gasteiger partial charge in [-0.3, -0.25) is 0 Å². The molecule has 0 saturated heterocycles. The molecule has 15 heavy (non-hydrogen) atoms. The molecule has 1 unspecified atom stereocenters. The van der Waals surface area contributed by atoms with Gasteiger partial charge in [0.2, 0.25) is 0 Å². The van der Waals surface area contributed by atoms with Gasteiger partial charge in [-0.2, -0.15) is 5.10 Å². The molecular weight excluding hydrogens is 186 g/mol. The molecular formula is C12H21N3. The zero-order valence-corrected chi connectivity index (χ0v) is 9.74. The number of hydrogen-bond acceptors (Lipinski definition) is 2. The number of aromatic nitrogens is 2. The summed E-state index contributed by atoms with van der Waals surface area (Å²) >= 11 is 0. The fraction of sp³-hybridized carbons (Fsp3) is 0.750. The van der Waals surface area contributed by atoms with Gasteiger partial charge in [-0.05, 0) is 26.2 Å². The first kappa shape index (κ1) is 10.5. The van der Waals surface area contributed by atoms with Crippen LogP contribution < -0.4 is 5.32 Å². The molecule has 0 aromatic carbocycles. The number of rotatable bonds is 4. The molecule has 1 saturated carbocycles. The first-order chi connectivity index (χ1) is 7.31. The van der Waals surface area contributed by atoms with E-state index in [1.165, 1.54) is 31.5 Å². The normalized spacial score (nSPS) is 19.3. The summed E-state index contributed by atoms with van der Waals surface area (Å²) in [5.41, 5.74) is 0. The minimum absolute atomic E-state index is 0.490. The minimum atomic E-state index is 0.490. The van der Waals surface area contributed by atoms with E-state index in [9.17, 15) is 0 Å². The molecule has 1 atom stereocenters. The van der Waals surface area contributed by atoms with Gasteiger partial charge in [0, 0.05) is 12.1 Å². The van der Waals surface area contributed by atoms with Crippen molar-refractivity contribution in [2.24, 2.45) is 0 Å². The lowest BCUT2D eigenvalue weighted by molar-refractivity contribution is 0.480. The maximum atomic E-state index is 4.38. The van der Waals surface area contributed by atoms with Gasteiger partial charge in [-0.1, -0.05) is 19.8 Å². The van der Waals surface area contributed by atoms with E-state index in [2.05, 4.69) is 35.0 Å². The maximum absolute atomic E-state index is 4.38. The molecule has 1 fully saturated rings. The monoisotopic (exact) mass is 207 g/mol. The van der Waals surface area contributed by atoms with Crippen molar-refractivity contribution in [3.05, 3.63) is 12.3 Å². The van der Waals surface area contributed by atoms with E-state index in [0.717, 1.165) is 6.42 Å². The van der Waals surface area contributed by atoms with Gasteiger partial charge in [0.15, 0.2) is 0 Å². The van der Waals surface area contributed by atoms with Crippen molar-refractivity contribution in [2.75, 3.05) is 5.32 Å². The maximum Gasteiger partial charge on any atom is 0.124 e. The summed E-state index contributed by atoms with van der Waals surface area (Å²) in [5.74, 6) is 1.19. The third kappa shape index (κ3) is 2.33. The van der Waals surface area contributed by atoms with Gasteiger partial charge >= 0.3 is 0 Å². The molecule has 3 nitrogen and oxygen atoms in total. The van der Waals surface area contributed by atoms with Crippen molar-refractivity contribution in [2.45, 2.75) is 58.0 Å². The first-order valence-electron chi connectivity index (χ1n) is 6.11. The Morgan fingerprint density at radius 1 is 1.53 bits per heavy atom. The summed E-state index contributed by atoms with van der Waals surface area (Å²) in [6.07, 6.45) is 8.38. The summed E-state index contributed by atoms with van der Waals surface area (Å²) in [4.78, 5) is 0. The Morgan fingerprint density at radius 2 is 2.27 bits per heavy atom. The summed E-state index contributed by atoms with van der Waals surface area (Å²) in [7, 11) is 0. The minimum Gasteiger partial charge on any atom is -0.368 e. The highest BCUT2D eigenvalue weighted by Crippen LogP contribution is 2.24. The summed E-state index contributed by atoms with van der Waals surface area (Å²) in [6, 6.07) is 3.25. The Labute approximate surface area is 91.9 Å². The predicted octanol–water partition coefficient (Wildman–Crippen LogP) is 3.21. The predicted molar refractivity (Wildman–Crippen MR) is 63.1 cm³/mol. The van der Waals surface area contributed by atoms with E-state index in [1.54, 1.807) is 0 Å². The molecule has 1 heterocycles. The largest absolute Gasteiger partial charge is 0.368 e. The lowest BCUT2D eigenvalue weighted by Crippen LogP contribution is -2.19. The lowest BCUT2D eigenvalue weighted by atomic mass is 10.2. The number of hydrogen-bond donors (Lipinski definition) is 1. The van der Waals surface area contributed by atoms with Gasteiger partial charge < -0.3 is 5.32 Å². The second-order valence-electron chi connectivity index (χ2n) is 4.54. The van der Waals surface area contributed by atoms with Crippen molar-refractivity contribution in [1.82, 2.24) is 9.78 Å². The van der Waals surface area contributed by atoms with Crippen LogP contribution >= 0.6 is 0 Å². The molecule has 0 amide bonds. The molecule has 0 spiro atoms. The van der Waals surface area contributed by atoms with Crippen LogP contribution in [-0.4, -0.2) is 15.8 Å². The molecule has 0 aliphatic heterocycles. The Morgan fingerprint density at radius 3 is 2.93 bits per heavy atom. The van der Waals surface area contributed by atoms with E-state index in [0.29, 0.717) is 12.1 Å². The van der Waals surface area contributed by atoms with Crippen molar-refractivity contribution >= 4 is 5.82 Å². The van der Waals surface area contributed by atoms with Crippen LogP contribution in [0.5, 0.6) is 0 Å². The average Bonchev–Trinajstić information content (AvgIpc) is 2.88. The van der Waals surface area contributed by atoms with Crippen LogP contribution in [0.25, 0.3) is 0 Å². The highest BCUT2D eigenvalue weighted by Gasteiger charge is 2.17. The highest BCUT2D eigenvalue weighted by atomic mass is 15.3. The number of nitrogens with zero attached hydrogens (tertiary/aromatic N) is 2. The van der Waals surface area contributed by atoms with Crippen LogP contribution in [0.4, 0.5) is 5.82 Å². The topological polar surface area (TPSA) is 29.9 Å². The van der Waals surface area contributed by atoms with Gasteiger partial charge in [-0.15, -0.1) is 0 Å². The van der Waals surface area contributed by atoms with Crippen molar-refractivity contribution < 1.29 is 0 Å². The van der Waals surface area contributed by atoms with Crippen LogP contribution in [0.1, 0.15) is 52.0 Å². The molecule has 3 heteroatoms. The van der Waals surface area contributed by atoms with Crippen molar-refractivity contribution in [3.63, 3.8) is 0 Å². The number of nitrogens with one attached hydrogen (secondary N) is 1. The zero-order valence-electron chi connectivity index (χ0n) is 9.74. The molecule has 0 radical (unpaired) electrons. The van der Waals surface area contributed by atoms with Crippen molar-refractivity contribution in [3.8, 4) is 0 Å². The first-order valence-corrected chi connectivity index (χ1v) is 6.11. The second kappa shape index (κ2) is 4.69. The third-order valence-corrected chi connectivity index (χ3v) is 3.39. The Hall–Kier alpha value is -0.990. The Bertz CT molecular complexity index is 300. The molecule has 1 aromatic rings. The van der Waals surface area contributed by atoms with Crippen LogP contribution in [0.15, 0.2) is 12.3 Å². The fourth-order valence-electron chi connectivity index (χ4n) is 2.23. The standard InChI is InChI=1S/C12H21N3/c1-3-10(2)15-12(8-9-13-15)14-11-6-4-5-7-11/h8-11,14H,3-7H2,1-2H3. The van der Waals surface area contributed by atoms with Crippen LogP contribution in [0, 0.1) is 0 Å². The quantitative estimate of drug-likeness (QED) is 0.821. The van der Waals surface area contributed by atoms with E-state index in [-0.39, 0.29) is 0 Å². The Kier molecular flexibility index (Phi) is 3.29. The molecule has 84 valence electrons. The molecule has 2 rings (SSSR count).